The van der Waals surface area contributed by atoms with E-state index in [9.17, 15) is 22.4 Å². The van der Waals surface area contributed by atoms with Crippen molar-refractivity contribution < 1.29 is 22.4 Å². The molecular formula is C25H26FN3O4S. The number of anilines is 2. The van der Waals surface area contributed by atoms with Gasteiger partial charge in [-0.3, -0.25) is 14.3 Å². The average Bonchev–Trinajstić information content (AvgIpc) is 2.76. The van der Waals surface area contributed by atoms with E-state index in [1.54, 1.807) is 0 Å². The number of rotatable bonds is 7. The summed E-state index contributed by atoms with van der Waals surface area (Å²) in [4.78, 5) is 24.7. The molecule has 3 rings (SSSR count). The molecule has 0 heterocycles. The van der Waals surface area contributed by atoms with Crippen LogP contribution < -0.4 is 15.4 Å². The number of carbonyl (C=O) groups excluding carboxylic acids is 2. The predicted octanol–water partition coefficient (Wildman–Crippen LogP) is 4.23. The molecule has 0 saturated carbocycles. The number of aryl methyl sites for hydroxylation is 4. The molecule has 0 radical (unpaired) electrons. The van der Waals surface area contributed by atoms with Gasteiger partial charge in [0.25, 0.3) is 15.9 Å². The Kier molecular flexibility index (Phi) is 7.36. The van der Waals surface area contributed by atoms with E-state index in [1.807, 2.05) is 32.9 Å². The Morgan fingerprint density at radius 1 is 0.882 bits per heavy atom. The molecule has 0 aliphatic heterocycles. The van der Waals surface area contributed by atoms with Crippen molar-refractivity contribution in [2.45, 2.75) is 32.6 Å². The van der Waals surface area contributed by atoms with Gasteiger partial charge in [0, 0.05) is 16.9 Å². The Labute approximate surface area is 198 Å². The summed E-state index contributed by atoms with van der Waals surface area (Å²) in [6, 6.07) is 13.3. The summed E-state index contributed by atoms with van der Waals surface area (Å²) < 4.78 is 41.3. The predicted molar refractivity (Wildman–Crippen MR) is 130 cm³/mol. The highest BCUT2D eigenvalue weighted by Gasteiger charge is 2.17. The number of nitrogens with one attached hydrogen (secondary N) is 3. The van der Waals surface area contributed by atoms with Gasteiger partial charge in [0.2, 0.25) is 5.91 Å². The third kappa shape index (κ3) is 5.99. The van der Waals surface area contributed by atoms with E-state index in [0.29, 0.717) is 11.3 Å². The molecule has 0 aliphatic carbocycles. The largest absolute Gasteiger partial charge is 0.343 e. The fourth-order valence-corrected chi connectivity index (χ4v) is 4.56. The number of benzene rings is 3. The SMILES string of the molecule is Cc1cc(C)c(NC(=O)CNC(=O)c2cccc(NS(=O)(=O)c3ccc(C)c(F)c3)c2)c(C)c1. The molecule has 0 aliphatic rings. The molecule has 3 N–H and O–H groups in total. The molecule has 0 spiro atoms. The maximum atomic E-state index is 13.8. The third-order valence-electron chi connectivity index (χ3n) is 5.18. The molecule has 0 aromatic heterocycles. The van der Waals surface area contributed by atoms with Crippen LogP contribution in [0.5, 0.6) is 0 Å². The van der Waals surface area contributed by atoms with Gasteiger partial charge in [0.15, 0.2) is 0 Å². The van der Waals surface area contributed by atoms with E-state index in [2.05, 4.69) is 15.4 Å². The second-order valence-corrected chi connectivity index (χ2v) is 9.78. The maximum absolute atomic E-state index is 13.8. The zero-order chi connectivity index (χ0) is 25.0. The first-order valence-electron chi connectivity index (χ1n) is 10.5. The first kappa shape index (κ1) is 24.9. The molecule has 7 nitrogen and oxygen atoms in total. The number of amides is 2. The van der Waals surface area contributed by atoms with Crippen molar-refractivity contribution in [1.82, 2.24) is 5.32 Å². The lowest BCUT2D eigenvalue weighted by Gasteiger charge is -2.13. The quantitative estimate of drug-likeness (QED) is 0.468. The van der Waals surface area contributed by atoms with Crippen molar-refractivity contribution >= 4 is 33.2 Å². The number of carbonyl (C=O) groups is 2. The summed E-state index contributed by atoms with van der Waals surface area (Å²) in [7, 11) is -4.05. The highest BCUT2D eigenvalue weighted by atomic mass is 32.2. The molecule has 3 aromatic carbocycles. The molecule has 0 atom stereocenters. The standard InChI is InChI=1S/C25H26FN3O4S/c1-15-10-17(3)24(18(4)11-15)28-23(30)14-27-25(31)19-6-5-7-20(12-19)29-34(32,33)21-9-8-16(2)22(26)13-21/h5-13,29H,14H2,1-4H3,(H,27,31)(H,28,30). The summed E-state index contributed by atoms with van der Waals surface area (Å²) in [5.74, 6) is -1.57. The van der Waals surface area contributed by atoms with Crippen LogP contribution in [-0.4, -0.2) is 26.8 Å². The molecule has 0 unspecified atom stereocenters. The molecular weight excluding hydrogens is 457 g/mol. The highest BCUT2D eigenvalue weighted by Crippen LogP contribution is 2.22. The number of hydrogen-bond donors (Lipinski definition) is 3. The van der Waals surface area contributed by atoms with E-state index in [1.165, 1.54) is 43.3 Å². The Balaban J connectivity index is 1.65. The number of sulfonamides is 1. The minimum Gasteiger partial charge on any atom is -0.343 e. The second kappa shape index (κ2) is 10.0. The van der Waals surface area contributed by atoms with Gasteiger partial charge in [-0.2, -0.15) is 0 Å². The smallest absolute Gasteiger partial charge is 0.261 e. The lowest BCUT2D eigenvalue weighted by molar-refractivity contribution is -0.115. The van der Waals surface area contributed by atoms with Crippen LogP contribution in [0.2, 0.25) is 0 Å². The van der Waals surface area contributed by atoms with Gasteiger partial charge in [0.1, 0.15) is 5.82 Å². The third-order valence-corrected chi connectivity index (χ3v) is 6.56. The van der Waals surface area contributed by atoms with Crippen LogP contribution in [0.3, 0.4) is 0 Å². The minimum absolute atomic E-state index is 0.129. The van der Waals surface area contributed by atoms with Gasteiger partial charge < -0.3 is 10.6 Å². The zero-order valence-corrected chi connectivity index (χ0v) is 20.1. The molecule has 2 amide bonds. The summed E-state index contributed by atoms with van der Waals surface area (Å²) in [6.45, 7) is 7.03. The fraction of sp³-hybridized carbons (Fsp3) is 0.200. The summed E-state index contributed by atoms with van der Waals surface area (Å²) in [5.41, 5.74) is 4.25. The fourth-order valence-electron chi connectivity index (χ4n) is 3.50. The minimum atomic E-state index is -4.05. The topological polar surface area (TPSA) is 104 Å². The Hall–Kier alpha value is -3.72. The summed E-state index contributed by atoms with van der Waals surface area (Å²) in [6.07, 6.45) is 0. The molecule has 0 saturated heterocycles. The van der Waals surface area contributed by atoms with Gasteiger partial charge in [0.05, 0.1) is 11.4 Å². The van der Waals surface area contributed by atoms with Gasteiger partial charge in [-0.05, 0) is 74.7 Å². The molecule has 0 bridgehead atoms. The van der Waals surface area contributed by atoms with E-state index < -0.39 is 21.7 Å². The highest BCUT2D eigenvalue weighted by molar-refractivity contribution is 7.92. The molecule has 9 heteroatoms. The van der Waals surface area contributed by atoms with E-state index >= 15 is 0 Å². The maximum Gasteiger partial charge on any atom is 0.261 e. The lowest BCUT2D eigenvalue weighted by atomic mass is 10.1. The van der Waals surface area contributed by atoms with Gasteiger partial charge >= 0.3 is 0 Å². The van der Waals surface area contributed by atoms with E-state index in [4.69, 9.17) is 0 Å². The van der Waals surface area contributed by atoms with Crippen molar-refractivity contribution in [1.29, 1.82) is 0 Å². The van der Waals surface area contributed by atoms with Crippen molar-refractivity contribution in [2.75, 3.05) is 16.6 Å². The van der Waals surface area contributed by atoms with Crippen molar-refractivity contribution in [3.63, 3.8) is 0 Å². The van der Waals surface area contributed by atoms with Gasteiger partial charge in [-0.15, -0.1) is 0 Å². The van der Waals surface area contributed by atoms with Crippen LogP contribution in [0.4, 0.5) is 15.8 Å². The zero-order valence-electron chi connectivity index (χ0n) is 19.3. The Morgan fingerprint density at radius 3 is 2.21 bits per heavy atom. The number of hydrogen-bond acceptors (Lipinski definition) is 4. The van der Waals surface area contributed by atoms with Crippen LogP contribution in [0.1, 0.15) is 32.6 Å². The first-order chi connectivity index (χ1) is 16.0. The van der Waals surface area contributed by atoms with Gasteiger partial charge in [-0.1, -0.05) is 29.8 Å². The molecule has 34 heavy (non-hydrogen) atoms. The van der Waals surface area contributed by atoms with Crippen LogP contribution in [-0.2, 0) is 14.8 Å². The molecule has 0 fully saturated rings. The molecule has 178 valence electrons. The molecule has 3 aromatic rings. The van der Waals surface area contributed by atoms with Crippen molar-refractivity contribution in [2.24, 2.45) is 0 Å². The van der Waals surface area contributed by atoms with Crippen LogP contribution in [0.25, 0.3) is 0 Å². The van der Waals surface area contributed by atoms with Crippen molar-refractivity contribution in [3.05, 3.63) is 88.2 Å². The van der Waals surface area contributed by atoms with Crippen LogP contribution in [0, 0.1) is 33.5 Å². The van der Waals surface area contributed by atoms with Crippen LogP contribution in [0.15, 0.2) is 59.5 Å². The summed E-state index contributed by atoms with van der Waals surface area (Å²) >= 11 is 0. The van der Waals surface area contributed by atoms with Gasteiger partial charge in [-0.25, -0.2) is 12.8 Å². The summed E-state index contributed by atoms with van der Waals surface area (Å²) in [5, 5.41) is 5.33. The Bertz CT molecular complexity index is 1350. The Morgan fingerprint density at radius 2 is 1.56 bits per heavy atom. The van der Waals surface area contributed by atoms with E-state index in [-0.39, 0.29) is 28.6 Å². The normalized spacial score (nSPS) is 11.1. The number of halogens is 1. The van der Waals surface area contributed by atoms with E-state index in [0.717, 1.165) is 22.8 Å². The van der Waals surface area contributed by atoms with Crippen molar-refractivity contribution in [3.8, 4) is 0 Å². The first-order valence-corrected chi connectivity index (χ1v) is 12.0. The average molecular weight is 484 g/mol. The second-order valence-electron chi connectivity index (χ2n) is 8.10. The van der Waals surface area contributed by atoms with Crippen LogP contribution >= 0.6 is 0 Å². The lowest BCUT2D eigenvalue weighted by Crippen LogP contribution is -2.33. The monoisotopic (exact) mass is 483 g/mol.